The maximum Gasteiger partial charge on any atom is 0.295 e. The molecule has 0 aliphatic heterocycles. The van der Waals surface area contributed by atoms with Crippen LogP contribution in [0.2, 0.25) is 0 Å². The van der Waals surface area contributed by atoms with Crippen LogP contribution in [0.4, 0.5) is 22.7 Å². The fourth-order valence-electron chi connectivity index (χ4n) is 3.09. The van der Waals surface area contributed by atoms with E-state index in [9.17, 15) is 17.8 Å². The van der Waals surface area contributed by atoms with Gasteiger partial charge in [-0.2, -0.15) is 13.5 Å². The highest BCUT2D eigenvalue weighted by atomic mass is 32.2. The summed E-state index contributed by atoms with van der Waals surface area (Å²) in [6.45, 7) is 0. The van der Waals surface area contributed by atoms with Gasteiger partial charge >= 0.3 is 0 Å². The molecule has 4 aromatic rings. The average Bonchev–Trinajstić information content (AvgIpc) is 3.34. The molecule has 0 saturated carbocycles. The molecule has 3 aromatic carbocycles. The molecule has 0 fully saturated rings. The fourth-order valence-corrected chi connectivity index (χ4v) is 4.42. The summed E-state index contributed by atoms with van der Waals surface area (Å²) in [5.74, 6) is 5.01. The third-order valence-corrected chi connectivity index (χ3v) is 6.30. The lowest BCUT2D eigenvalue weighted by atomic mass is 10.1. The van der Waals surface area contributed by atoms with Crippen LogP contribution in [-0.2, 0) is 10.1 Å². The van der Waals surface area contributed by atoms with Crippen LogP contribution in [0.15, 0.2) is 97.6 Å². The van der Waals surface area contributed by atoms with Crippen molar-refractivity contribution in [3.05, 3.63) is 77.0 Å². The van der Waals surface area contributed by atoms with Crippen LogP contribution in [0.1, 0.15) is 9.67 Å². The molecule has 0 aliphatic rings. The highest BCUT2D eigenvalue weighted by Gasteiger charge is 2.20. The number of benzene rings is 3. The summed E-state index contributed by atoms with van der Waals surface area (Å²) in [5, 5.41) is 20.6. The average molecular weight is 481 g/mol. The highest BCUT2D eigenvalue weighted by Crippen LogP contribution is 2.40. The van der Waals surface area contributed by atoms with E-state index >= 15 is 0 Å². The Kier molecular flexibility index (Phi) is 6.22. The summed E-state index contributed by atoms with van der Waals surface area (Å²) < 4.78 is 33.5. The van der Waals surface area contributed by atoms with Crippen molar-refractivity contribution < 1.29 is 17.8 Å². The van der Waals surface area contributed by atoms with Crippen LogP contribution >= 0.6 is 11.3 Å². The topological polar surface area (TPSA) is 159 Å². The van der Waals surface area contributed by atoms with Gasteiger partial charge in [0.2, 0.25) is 0 Å². The van der Waals surface area contributed by atoms with Gasteiger partial charge in [0.1, 0.15) is 16.3 Å². The smallest absolute Gasteiger partial charge is 0.295 e. The molecule has 166 valence electrons. The lowest BCUT2D eigenvalue weighted by molar-refractivity contribution is 0.103. The summed E-state index contributed by atoms with van der Waals surface area (Å²) in [5.41, 5.74) is 1.25. The van der Waals surface area contributed by atoms with Crippen LogP contribution in [0, 0.1) is 0 Å². The molecule has 0 radical (unpaired) electrons. The second-order valence-electron chi connectivity index (χ2n) is 6.66. The lowest BCUT2D eigenvalue weighted by Gasteiger charge is -2.08. The molecule has 0 aliphatic carbocycles. The fraction of sp³-hybridized carbons (Fsp3) is 0. The quantitative estimate of drug-likeness (QED) is 0.138. The zero-order valence-electron chi connectivity index (χ0n) is 16.8. The molecule has 12 heteroatoms. The Bertz CT molecular complexity index is 1480. The number of carbonyl (C=O) groups is 1. The number of hydrogen-bond donors (Lipinski definition) is 3. The second-order valence-corrected chi connectivity index (χ2v) is 8.99. The van der Waals surface area contributed by atoms with E-state index in [2.05, 4.69) is 25.9 Å². The molecule has 10 nitrogen and oxygen atoms in total. The first-order chi connectivity index (χ1) is 15.9. The van der Waals surface area contributed by atoms with Gasteiger partial charge in [-0.15, -0.1) is 21.6 Å². The standard InChI is InChI=1S/C21H16N6O4S2/c22-27-26-20-16-5-2-1-4-15(16)19(33(29,30)31)12-17(20)25-24-14-9-7-13(8-10-14)23-21(28)18-6-3-11-32-18/h1-12H,(H2,22,26)(H,23,28)(H,29,30,31)/b25-24+. The van der Waals surface area contributed by atoms with E-state index in [-0.39, 0.29) is 27.6 Å². The largest absolute Gasteiger partial charge is 0.321 e. The molecule has 4 rings (SSSR count). The molecule has 0 spiro atoms. The molecule has 0 unspecified atom stereocenters. The Balaban J connectivity index is 1.67. The van der Waals surface area contributed by atoms with Crippen molar-refractivity contribution in [1.82, 2.24) is 0 Å². The van der Waals surface area contributed by atoms with Crippen molar-refractivity contribution >= 4 is 60.9 Å². The molecule has 1 aromatic heterocycles. The Morgan fingerprint density at radius 2 is 1.67 bits per heavy atom. The predicted molar refractivity (Wildman–Crippen MR) is 125 cm³/mol. The second kappa shape index (κ2) is 9.24. The normalized spacial score (nSPS) is 12.0. The van der Waals surface area contributed by atoms with Crippen LogP contribution < -0.4 is 11.2 Å². The van der Waals surface area contributed by atoms with E-state index in [1.54, 1.807) is 54.6 Å². The zero-order valence-corrected chi connectivity index (χ0v) is 18.4. The molecule has 33 heavy (non-hydrogen) atoms. The zero-order chi connectivity index (χ0) is 23.4. The van der Waals surface area contributed by atoms with E-state index in [1.165, 1.54) is 17.4 Å². The van der Waals surface area contributed by atoms with Crippen molar-refractivity contribution in [3.63, 3.8) is 0 Å². The third kappa shape index (κ3) is 4.92. The summed E-state index contributed by atoms with van der Waals surface area (Å²) in [7, 11) is -4.55. The summed E-state index contributed by atoms with van der Waals surface area (Å²) in [6.07, 6.45) is 0. The Morgan fingerprint density at radius 1 is 0.939 bits per heavy atom. The van der Waals surface area contributed by atoms with E-state index in [0.717, 1.165) is 6.07 Å². The van der Waals surface area contributed by atoms with Crippen molar-refractivity contribution in [3.8, 4) is 0 Å². The Morgan fingerprint density at radius 3 is 2.30 bits per heavy atom. The number of hydrogen-bond acceptors (Lipinski definition) is 8. The number of carbonyl (C=O) groups excluding carboxylic acids is 1. The molecule has 0 bridgehead atoms. The van der Waals surface area contributed by atoms with Gasteiger partial charge in [0.15, 0.2) is 0 Å². The third-order valence-electron chi connectivity index (χ3n) is 4.54. The first-order valence-electron chi connectivity index (χ1n) is 9.37. The van der Waals surface area contributed by atoms with E-state index in [1.807, 2.05) is 5.38 Å². The van der Waals surface area contributed by atoms with Crippen molar-refractivity contribution in [1.29, 1.82) is 0 Å². The van der Waals surface area contributed by atoms with Gasteiger partial charge in [0.05, 0.1) is 10.6 Å². The number of nitrogens with two attached hydrogens (primary N) is 1. The minimum Gasteiger partial charge on any atom is -0.321 e. The van der Waals surface area contributed by atoms with E-state index < -0.39 is 10.1 Å². The number of nitrogens with zero attached hydrogens (tertiary/aromatic N) is 4. The molecule has 1 heterocycles. The molecule has 0 atom stereocenters. The van der Waals surface area contributed by atoms with Gasteiger partial charge < -0.3 is 11.2 Å². The summed E-state index contributed by atoms with van der Waals surface area (Å²) in [4.78, 5) is 12.4. The summed E-state index contributed by atoms with van der Waals surface area (Å²) in [6, 6.07) is 17.7. The molecule has 1 amide bonds. The maximum atomic E-state index is 12.1. The van der Waals surface area contributed by atoms with Gasteiger partial charge in [-0.05, 0) is 41.8 Å². The predicted octanol–water partition coefficient (Wildman–Crippen LogP) is 5.77. The molecule has 0 saturated heterocycles. The molecule has 4 N–H and O–H groups in total. The number of thiophene rings is 1. The monoisotopic (exact) mass is 480 g/mol. The minimum absolute atomic E-state index is 0.0469. The highest BCUT2D eigenvalue weighted by molar-refractivity contribution is 7.86. The van der Waals surface area contributed by atoms with E-state index in [0.29, 0.717) is 21.6 Å². The van der Waals surface area contributed by atoms with Crippen molar-refractivity contribution in [2.75, 3.05) is 5.32 Å². The van der Waals surface area contributed by atoms with E-state index in [4.69, 9.17) is 5.84 Å². The summed E-state index contributed by atoms with van der Waals surface area (Å²) >= 11 is 1.34. The number of rotatable bonds is 6. The van der Waals surface area contributed by atoms with Crippen LogP contribution in [0.25, 0.3) is 10.8 Å². The minimum atomic E-state index is -4.55. The number of azo groups is 1. The van der Waals surface area contributed by atoms with Crippen LogP contribution in [0.5, 0.6) is 0 Å². The maximum absolute atomic E-state index is 12.1. The van der Waals surface area contributed by atoms with Crippen molar-refractivity contribution in [2.45, 2.75) is 4.90 Å². The molecular formula is C21H16N6O4S2. The lowest BCUT2D eigenvalue weighted by Crippen LogP contribution is -2.09. The Hall–Kier alpha value is -4.00. The van der Waals surface area contributed by atoms with Gasteiger partial charge in [-0.25, -0.2) is 0 Å². The number of nitrogens with one attached hydrogen (secondary N) is 1. The van der Waals surface area contributed by atoms with Gasteiger partial charge in [0, 0.05) is 16.5 Å². The number of fused-ring (bicyclic) bond motifs is 1. The van der Waals surface area contributed by atoms with Crippen molar-refractivity contribution in [2.24, 2.45) is 26.4 Å². The first kappa shape index (κ1) is 22.2. The first-order valence-corrected chi connectivity index (χ1v) is 11.7. The van der Waals surface area contributed by atoms with Gasteiger partial charge in [-0.3, -0.25) is 9.35 Å². The number of amides is 1. The van der Waals surface area contributed by atoms with Crippen LogP contribution in [0.3, 0.4) is 0 Å². The SMILES string of the molecule is NN=Nc1c(/N=N/c2ccc(NC(=O)c3cccs3)cc2)cc(S(=O)(=O)O)c2ccccc12. The number of anilines is 1. The van der Waals surface area contributed by atoms with Gasteiger partial charge in [0.25, 0.3) is 16.0 Å². The molecular weight excluding hydrogens is 464 g/mol. The van der Waals surface area contributed by atoms with Crippen LogP contribution in [-0.4, -0.2) is 18.9 Å². The Labute approximate surface area is 192 Å². The van der Waals surface area contributed by atoms with Gasteiger partial charge in [-0.1, -0.05) is 35.6 Å².